The normalized spacial score (nSPS) is 21.1. The summed E-state index contributed by atoms with van der Waals surface area (Å²) in [4.78, 5) is 6.62. The lowest BCUT2D eigenvalue weighted by atomic mass is 10.00. The molecule has 1 atom stereocenters. The molecule has 26 heavy (non-hydrogen) atoms. The fourth-order valence-electron chi connectivity index (χ4n) is 2.89. The van der Waals surface area contributed by atoms with Crippen molar-refractivity contribution < 1.29 is 17.9 Å². The van der Waals surface area contributed by atoms with Gasteiger partial charge in [-0.3, -0.25) is 10.7 Å². The van der Waals surface area contributed by atoms with E-state index in [9.17, 15) is 13.2 Å². The summed E-state index contributed by atoms with van der Waals surface area (Å²) in [5.41, 5.74) is 8.54. The number of aromatic nitrogens is 1. The van der Waals surface area contributed by atoms with Crippen LogP contribution in [0.3, 0.4) is 0 Å². The van der Waals surface area contributed by atoms with Gasteiger partial charge in [-0.25, -0.2) is 0 Å². The standard InChI is InChI=1S/C17H20F3N5O/c1-3-10-8-11(4-5-13(10)26-2)17(21)24-14-12(6-7-22-14)15(25-17)23-9-16(18,19)20/h4-8,22,24H,3,9,21H2,1-2H3,(H,23,25). The molecule has 0 saturated carbocycles. The molecule has 6 nitrogen and oxygen atoms in total. The molecule has 2 aromatic rings. The summed E-state index contributed by atoms with van der Waals surface area (Å²) in [6, 6.07) is 7.03. The van der Waals surface area contributed by atoms with Gasteiger partial charge in [0.25, 0.3) is 0 Å². The Bertz CT molecular complexity index is 830. The molecule has 0 radical (unpaired) electrons. The van der Waals surface area contributed by atoms with Crippen molar-refractivity contribution in [2.45, 2.75) is 25.3 Å². The summed E-state index contributed by atoms with van der Waals surface area (Å²) in [6.45, 7) is 0.685. The molecular formula is C17H20F3N5O. The number of nitrogens with two attached hydrogens (primary N) is 1. The van der Waals surface area contributed by atoms with Gasteiger partial charge in [-0.2, -0.15) is 13.2 Å². The number of methoxy groups -OCH3 is 1. The van der Waals surface area contributed by atoms with Crippen LogP contribution in [-0.2, 0) is 12.2 Å². The molecule has 0 saturated heterocycles. The van der Waals surface area contributed by atoms with Gasteiger partial charge in [0.15, 0.2) is 5.79 Å². The first-order chi connectivity index (χ1) is 12.3. The van der Waals surface area contributed by atoms with E-state index in [-0.39, 0.29) is 5.84 Å². The summed E-state index contributed by atoms with van der Waals surface area (Å²) < 4.78 is 43.1. The van der Waals surface area contributed by atoms with Crippen LogP contribution in [0, 0.1) is 0 Å². The van der Waals surface area contributed by atoms with Gasteiger partial charge < -0.3 is 20.4 Å². The number of aromatic amines is 1. The van der Waals surface area contributed by atoms with Gasteiger partial charge in [-0.05, 0) is 36.2 Å². The first-order valence-corrected chi connectivity index (χ1v) is 8.07. The van der Waals surface area contributed by atoms with Crippen LogP contribution in [0.15, 0.2) is 35.5 Å². The summed E-state index contributed by atoms with van der Waals surface area (Å²) in [6.07, 6.45) is -2.07. The maximum absolute atomic E-state index is 12.6. The Kier molecular flexibility index (Phi) is 4.57. The van der Waals surface area contributed by atoms with Gasteiger partial charge in [0.1, 0.15) is 23.9 Å². The highest BCUT2D eigenvalue weighted by molar-refractivity contribution is 6.05. The maximum Gasteiger partial charge on any atom is 0.408 e. The molecule has 1 aromatic heterocycles. The topological polar surface area (TPSA) is 87.5 Å². The average Bonchev–Trinajstić information content (AvgIpc) is 3.06. The Labute approximate surface area is 148 Å². The zero-order valence-corrected chi connectivity index (χ0v) is 14.4. The second-order valence-electron chi connectivity index (χ2n) is 5.98. The number of aryl methyl sites for hydroxylation is 1. The van der Waals surface area contributed by atoms with Crippen molar-refractivity contribution in [3.63, 3.8) is 0 Å². The zero-order valence-electron chi connectivity index (χ0n) is 14.4. The van der Waals surface area contributed by atoms with Crippen molar-refractivity contribution in [2.24, 2.45) is 10.7 Å². The first-order valence-electron chi connectivity index (χ1n) is 8.07. The van der Waals surface area contributed by atoms with Gasteiger partial charge >= 0.3 is 6.18 Å². The molecule has 9 heteroatoms. The minimum Gasteiger partial charge on any atom is -0.496 e. The predicted octanol–water partition coefficient (Wildman–Crippen LogP) is 2.68. The molecule has 1 unspecified atom stereocenters. The number of hydrogen-bond acceptors (Lipinski definition) is 4. The average molecular weight is 367 g/mol. The highest BCUT2D eigenvalue weighted by atomic mass is 19.4. The third kappa shape index (κ3) is 3.48. The smallest absolute Gasteiger partial charge is 0.408 e. The van der Waals surface area contributed by atoms with E-state index in [1.165, 1.54) is 0 Å². The number of nitrogens with zero attached hydrogens (tertiary/aromatic N) is 1. The number of halogens is 3. The Morgan fingerprint density at radius 2 is 2.00 bits per heavy atom. The Morgan fingerprint density at radius 1 is 1.23 bits per heavy atom. The van der Waals surface area contributed by atoms with Crippen molar-refractivity contribution >= 4 is 11.7 Å². The second-order valence-corrected chi connectivity index (χ2v) is 5.98. The summed E-state index contributed by atoms with van der Waals surface area (Å²) in [5.74, 6) is -0.0183. The highest BCUT2D eigenvalue weighted by Gasteiger charge is 2.36. The van der Waals surface area contributed by atoms with E-state index in [2.05, 4.69) is 20.6 Å². The Hall–Kier alpha value is -2.68. The monoisotopic (exact) mass is 367 g/mol. The lowest BCUT2D eigenvalue weighted by molar-refractivity contribution is -0.118. The van der Waals surface area contributed by atoms with Gasteiger partial charge in [0.2, 0.25) is 0 Å². The number of nitrogens with one attached hydrogen (secondary N) is 3. The van der Waals surface area contributed by atoms with Crippen molar-refractivity contribution in [1.82, 2.24) is 10.3 Å². The molecule has 1 aliphatic rings. The van der Waals surface area contributed by atoms with Crippen LogP contribution in [0.4, 0.5) is 19.0 Å². The molecule has 0 aliphatic carbocycles. The van der Waals surface area contributed by atoms with E-state index in [0.29, 0.717) is 16.9 Å². The summed E-state index contributed by atoms with van der Waals surface area (Å²) in [7, 11) is 1.58. The Balaban J connectivity index is 2.00. The van der Waals surface area contributed by atoms with Crippen molar-refractivity contribution in [3.8, 4) is 5.75 Å². The lowest BCUT2D eigenvalue weighted by Gasteiger charge is -2.38. The molecule has 0 fully saturated rings. The zero-order chi connectivity index (χ0) is 18.9. The SMILES string of the molecule is CCc1cc(C2(N)NC(=NCC(F)(F)F)c3cc[nH]c3N2)ccc1OC. The first kappa shape index (κ1) is 18.1. The molecule has 1 aromatic carbocycles. The van der Waals surface area contributed by atoms with Crippen LogP contribution >= 0.6 is 0 Å². The minimum atomic E-state index is -4.40. The summed E-state index contributed by atoms with van der Waals surface area (Å²) in [5, 5.41) is 6.00. The Morgan fingerprint density at radius 3 is 2.65 bits per heavy atom. The molecule has 0 bridgehead atoms. The van der Waals surface area contributed by atoms with Crippen molar-refractivity contribution in [1.29, 1.82) is 0 Å². The number of fused-ring (bicyclic) bond motifs is 1. The molecular weight excluding hydrogens is 347 g/mol. The molecule has 5 N–H and O–H groups in total. The van der Waals surface area contributed by atoms with Gasteiger partial charge in [0.05, 0.1) is 12.7 Å². The van der Waals surface area contributed by atoms with Crippen molar-refractivity contribution in [2.75, 3.05) is 19.0 Å². The van der Waals surface area contributed by atoms with E-state index in [1.54, 1.807) is 31.5 Å². The van der Waals surface area contributed by atoms with Crippen LogP contribution < -0.4 is 21.1 Å². The van der Waals surface area contributed by atoms with Crippen LogP contribution in [0.25, 0.3) is 0 Å². The van der Waals surface area contributed by atoms with E-state index in [4.69, 9.17) is 10.5 Å². The van der Waals surface area contributed by atoms with Crippen LogP contribution in [0.2, 0.25) is 0 Å². The van der Waals surface area contributed by atoms with E-state index >= 15 is 0 Å². The van der Waals surface area contributed by atoms with Crippen LogP contribution in [0.5, 0.6) is 5.75 Å². The molecule has 140 valence electrons. The third-order valence-electron chi connectivity index (χ3n) is 4.17. The number of alkyl halides is 3. The number of rotatable bonds is 4. The molecule has 3 rings (SSSR count). The van der Waals surface area contributed by atoms with E-state index in [0.717, 1.165) is 17.7 Å². The number of hydrogen-bond donors (Lipinski definition) is 4. The number of aliphatic imine (C=N–C) groups is 1. The van der Waals surface area contributed by atoms with Crippen molar-refractivity contribution in [3.05, 3.63) is 47.2 Å². The maximum atomic E-state index is 12.6. The highest BCUT2D eigenvalue weighted by Crippen LogP contribution is 2.30. The van der Waals surface area contributed by atoms with E-state index in [1.807, 2.05) is 13.0 Å². The van der Waals surface area contributed by atoms with Gasteiger partial charge in [-0.1, -0.05) is 6.92 Å². The lowest BCUT2D eigenvalue weighted by Crippen LogP contribution is -2.61. The number of anilines is 1. The number of amidine groups is 1. The minimum absolute atomic E-state index is 0.0775. The molecule has 2 heterocycles. The molecule has 1 aliphatic heterocycles. The molecule has 0 amide bonds. The van der Waals surface area contributed by atoms with Crippen LogP contribution in [-0.4, -0.2) is 30.7 Å². The van der Waals surface area contributed by atoms with Gasteiger partial charge in [0, 0.05) is 11.8 Å². The number of benzene rings is 1. The third-order valence-corrected chi connectivity index (χ3v) is 4.17. The molecule has 0 spiro atoms. The second kappa shape index (κ2) is 6.56. The van der Waals surface area contributed by atoms with E-state index < -0.39 is 18.5 Å². The van der Waals surface area contributed by atoms with Gasteiger partial charge in [-0.15, -0.1) is 0 Å². The number of H-pyrrole nitrogens is 1. The largest absolute Gasteiger partial charge is 0.496 e. The fourth-order valence-corrected chi connectivity index (χ4v) is 2.89. The fraction of sp³-hybridized carbons (Fsp3) is 0.353. The predicted molar refractivity (Wildman–Crippen MR) is 93.2 cm³/mol. The number of ether oxygens (including phenoxy) is 1. The quantitative estimate of drug-likeness (QED) is 0.669. The summed E-state index contributed by atoms with van der Waals surface area (Å²) >= 11 is 0. The van der Waals surface area contributed by atoms with Crippen LogP contribution in [0.1, 0.15) is 23.6 Å².